The number of rotatable bonds is 8. The van der Waals surface area contributed by atoms with Crippen LogP contribution in [0.2, 0.25) is 0 Å². The summed E-state index contributed by atoms with van der Waals surface area (Å²) >= 11 is 0. The van der Waals surface area contributed by atoms with Crippen LogP contribution >= 0.6 is 0 Å². The van der Waals surface area contributed by atoms with Gasteiger partial charge in [0.25, 0.3) is 6.47 Å². The van der Waals surface area contributed by atoms with E-state index in [1.165, 1.54) is 0 Å². The van der Waals surface area contributed by atoms with E-state index in [2.05, 4.69) is 10.1 Å². The van der Waals surface area contributed by atoms with Gasteiger partial charge in [0.15, 0.2) is 0 Å². The highest BCUT2D eigenvalue weighted by Crippen LogP contribution is 1.75. The fraction of sp³-hybridized carbons (Fsp3) is 0.714. The molecule has 6 nitrogen and oxygen atoms in total. The molecule has 13 heavy (non-hydrogen) atoms. The molecule has 0 saturated carbocycles. The van der Waals surface area contributed by atoms with Gasteiger partial charge in [-0.3, -0.25) is 9.59 Å². The Hall–Kier alpha value is -1.14. The summed E-state index contributed by atoms with van der Waals surface area (Å²) in [6.07, 6.45) is 0. The van der Waals surface area contributed by atoms with E-state index in [1.54, 1.807) is 0 Å². The molecule has 0 heterocycles. The van der Waals surface area contributed by atoms with Crippen LogP contribution in [0, 0.1) is 0 Å². The number of aliphatic hydroxyl groups excluding tert-OH is 1. The summed E-state index contributed by atoms with van der Waals surface area (Å²) in [5.41, 5.74) is 0. The van der Waals surface area contributed by atoms with Gasteiger partial charge in [0.05, 0.1) is 13.2 Å². The van der Waals surface area contributed by atoms with Crippen LogP contribution in [-0.4, -0.2) is 50.5 Å². The molecule has 0 aliphatic heterocycles. The molecule has 0 saturated heterocycles. The van der Waals surface area contributed by atoms with Gasteiger partial charge in [0.2, 0.25) is 5.91 Å². The molecule has 0 aromatic rings. The summed E-state index contributed by atoms with van der Waals surface area (Å²) < 4.78 is 9.30. The summed E-state index contributed by atoms with van der Waals surface area (Å²) in [4.78, 5) is 20.1. The third kappa shape index (κ3) is 8.77. The number of amides is 1. The fourth-order valence-corrected chi connectivity index (χ4v) is 0.576. The van der Waals surface area contributed by atoms with E-state index in [1.807, 2.05) is 0 Å². The Bertz CT molecular complexity index is 150. The third-order valence-electron chi connectivity index (χ3n) is 1.13. The predicted molar refractivity (Wildman–Crippen MR) is 42.9 cm³/mol. The molecule has 0 bridgehead atoms. The Morgan fingerprint density at radius 3 is 2.77 bits per heavy atom. The van der Waals surface area contributed by atoms with Gasteiger partial charge in [-0.15, -0.1) is 0 Å². The van der Waals surface area contributed by atoms with Crippen LogP contribution in [0.3, 0.4) is 0 Å². The monoisotopic (exact) mass is 191 g/mol. The van der Waals surface area contributed by atoms with Crippen LogP contribution in [0.5, 0.6) is 0 Å². The highest BCUT2D eigenvalue weighted by molar-refractivity contribution is 5.76. The standard InChI is InChI=1S/C7H13NO5/c9-5-7(11)8-1-2-12-3-4-13-6-10/h6,9H,1-5H2,(H,8,11). The Balaban J connectivity index is 2.99. The van der Waals surface area contributed by atoms with Gasteiger partial charge < -0.3 is 19.9 Å². The maximum absolute atomic E-state index is 10.5. The number of nitrogens with one attached hydrogen (secondary N) is 1. The number of aliphatic hydroxyl groups is 1. The first-order chi connectivity index (χ1) is 6.31. The highest BCUT2D eigenvalue weighted by Gasteiger charge is 1.95. The molecular formula is C7H13NO5. The Labute approximate surface area is 75.8 Å². The minimum atomic E-state index is -0.520. The Kier molecular flexibility index (Phi) is 8.17. The van der Waals surface area contributed by atoms with Crippen LogP contribution in [0.4, 0.5) is 0 Å². The minimum absolute atomic E-state index is 0.206. The first-order valence-corrected chi connectivity index (χ1v) is 3.81. The van der Waals surface area contributed by atoms with Crippen LogP contribution < -0.4 is 5.32 Å². The zero-order valence-electron chi connectivity index (χ0n) is 7.19. The minimum Gasteiger partial charge on any atom is -0.465 e. The summed E-state index contributed by atoms with van der Waals surface area (Å²) in [7, 11) is 0. The molecule has 1 amide bonds. The molecule has 0 fully saturated rings. The van der Waals surface area contributed by atoms with E-state index in [4.69, 9.17) is 9.84 Å². The van der Waals surface area contributed by atoms with Gasteiger partial charge in [-0.25, -0.2) is 0 Å². The topological polar surface area (TPSA) is 84.9 Å². The lowest BCUT2D eigenvalue weighted by atomic mass is 10.6. The van der Waals surface area contributed by atoms with Crippen LogP contribution in [0.15, 0.2) is 0 Å². The first-order valence-electron chi connectivity index (χ1n) is 3.81. The zero-order chi connectivity index (χ0) is 9.94. The van der Waals surface area contributed by atoms with Gasteiger partial charge in [-0.1, -0.05) is 0 Å². The molecule has 6 heteroatoms. The van der Waals surface area contributed by atoms with Gasteiger partial charge in [0, 0.05) is 6.54 Å². The zero-order valence-corrected chi connectivity index (χ0v) is 7.19. The number of hydrogen-bond acceptors (Lipinski definition) is 5. The quantitative estimate of drug-likeness (QED) is 0.352. The molecule has 0 aromatic carbocycles. The lowest BCUT2D eigenvalue weighted by molar-refractivity contribution is -0.130. The molecule has 0 aromatic heterocycles. The maximum Gasteiger partial charge on any atom is 0.293 e. The van der Waals surface area contributed by atoms with Crippen molar-refractivity contribution in [3.8, 4) is 0 Å². The van der Waals surface area contributed by atoms with E-state index in [0.29, 0.717) is 26.2 Å². The second-order valence-corrected chi connectivity index (χ2v) is 2.09. The Morgan fingerprint density at radius 2 is 2.15 bits per heavy atom. The average Bonchev–Trinajstić information content (AvgIpc) is 2.16. The van der Waals surface area contributed by atoms with Crippen molar-refractivity contribution in [2.24, 2.45) is 0 Å². The number of ether oxygens (including phenoxy) is 2. The van der Waals surface area contributed by atoms with Crippen LogP contribution in [0.1, 0.15) is 0 Å². The Morgan fingerprint density at radius 1 is 1.38 bits per heavy atom. The van der Waals surface area contributed by atoms with Crippen molar-refractivity contribution in [1.82, 2.24) is 5.32 Å². The number of hydrogen-bond donors (Lipinski definition) is 2. The molecular weight excluding hydrogens is 178 g/mol. The molecule has 0 atom stereocenters. The molecule has 0 radical (unpaired) electrons. The van der Waals surface area contributed by atoms with E-state index in [9.17, 15) is 9.59 Å². The summed E-state index contributed by atoms with van der Waals surface area (Å²) in [5, 5.41) is 10.7. The third-order valence-corrected chi connectivity index (χ3v) is 1.13. The van der Waals surface area contributed by atoms with Crippen molar-refractivity contribution < 1.29 is 24.2 Å². The molecule has 0 spiro atoms. The van der Waals surface area contributed by atoms with E-state index >= 15 is 0 Å². The lowest BCUT2D eigenvalue weighted by Gasteiger charge is -2.04. The number of carbonyl (C=O) groups excluding carboxylic acids is 2. The van der Waals surface area contributed by atoms with E-state index in [0.717, 1.165) is 0 Å². The summed E-state index contributed by atoms with van der Waals surface area (Å²) in [6, 6.07) is 0. The van der Waals surface area contributed by atoms with Gasteiger partial charge in [-0.2, -0.15) is 0 Å². The van der Waals surface area contributed by atoms with E-state index < -0.39 is 12.5 Å². The van der Waals surface area contributed by atoms with E-state index in [-0.39, 0.29) is 6.61 Å². The van der Waals surface area contributed by atoms with Crippen LogP contribution in [0.25, 0.3) is 0 Å². The normalized spacial score (nSPS) is 9.31. The van der Waals surface area contributed by atoms with Crippen molar-refractivity contribution in [2.45, 2.75) is 0 Å². The van der Waals surface area contributed by atoms with Gasteiger partial charge in [0.1, 0.15) is 13.2 Å². The fourth-order valence-electron chi connectivity index (χ4n) is 0.576. The lowest BCUT2D eigenvalue weighted by Crippen LogP contribution is -2.29. The second kappa shape index (κ2) is 8.95. The van der Waals surface area contributed by atoms with Crippen molar-refractivity contribution in [2.75, 3.05) is 33.0 Å². The molecule has 0 aliphatic rings. The largest absolute Gasteiger partial charge is 0.465 e. The summed E-state index contributed by atoms with van der Waals surface area (Å²) in [5.74, 6) is -0.437. The van der Waals surface area contributed by atoms with Crippen molar-refractivity contribution in [3.63, 3.8) is 0 Å². The smallest absolute Gasteiger partial charge is 0.293 e. The summed E-state index contributed by atoms with van der Waals surface area (Å²) in [6.45, 7) is 0.991. The molecule has 76 valence electrons. The number of carbonyl (C=O) groups is 2. The predicted octanol–water partition coefficient (Wildman–Crippen LogP) is -1.72. The van der Waals surface area contributed by atoms with Crippen molar-refractivity contribution in [1.29, 1.82) is 0 Å². The molecule has 0 aliphatic carbocycles. The van der Waals surface area contributed by atoms with Gasteiger partial charge >= 0.3 is 0 Å². The molecule has 0 unspecified atom stereocenters. The maximum atomic E-state index is 10.5. The molecule has 0 rings (SSSR count). The SMILES string of the molecule is O=COCCOCCNC(=O)CO. The second-order valence-electron chi connectivity index (χ2n) is 2.09. The van der Waals surface area contributed by atoms with Crippen LogP contribution in [-0.2, 0) is 19.1 Å². The van der Waals surface area contributed by atoms with Gasteiger partial charge in [-0.05, 0) is 0 Å². The van der Waals surface area contributed by atoms with Crippen molar-refractivity contribution in [3.05, 3.63) is 0 Å². The average molecular weight is 191 g/mol. The molecule has 2 N–H and O–H groups in total. The highest BCUT2D eigenvalue weighted by atomic mass is 16.5. The van der Waals surface area contributed by atoms with Crippen molar-refractivity contribution >= 4 is 12.4 Å². The first kappa shape index (κ1) is 11.9.